The molecule has 0 aliphatic heterocycles. The Morgan fingerprint density at radius 2 is 2.12 bits per heavy atom. The minimum absolute atomic E-state index is 0.112. The summed E-state index contributed by atoms with van der Waals surface area (Å²) in [6.07, 6.45) is 0. The molecule has 84 valence electrons. The molecular formula is C11H9F2NO2. The van der Waals surface area contributed by atoms with Crippen LogP contribution in [-0.2, 0) is 4.74 Å². The lowest BCUT2D eigenvalue weighted by Gasteiger charge is -1.96. The largest absolute Gasteiger partial charge is 0.461 e. The highest BCUT2D eigenvalue weighted by Crippen LogP contribution is 2.20. The average molecular weight is 225 g/mol. The predicted octanol–water partition coefficient (Wildman–Crippen LogP) is 2.62. The van der Waals surface area contributed by atoms with Crippen LogP contribution in [0.4, 0.5) is 8.78 Å². The summed E-state index contributed by atoms with van der Waals surface area (Å²) in [4.78, 5) is 13.9. The van der Waals surface area contributed by atoms with E-state index < -0.39 is 17.6 Å². The van der Waals surface area contributed by atoms with Gasteiger partial charge in [-0.15, -0.1) is 0 Å². The number of carbonyl (C=O) groups is 1. The van der Waals surface area contributed by atoms with Gasteiger partial charge in [-0.05, 0) is 19.1 Å². The topological polar surface area (TPSA) is 42.1 Å². The Kier molecular flexibility index (Phi) is 2.60. The fourth-order valence-corrected chi connectivity index (χ4v) is 1.48. The summed E-state index contributed by atoms with van der Waals surface area (Å²) in [5.74, 6) is -1.98. The van der Waals surface area contributed by atoms with Gasteiger partial charge in [0.05, 0.1) is 12.1 Å². The zero-order valence-electron chi connectivity index (χ0n) is 8.51. The highest BCUT2D eigenvalue weighted by Gasteiger charge is 2.13. The van der Waals surface area contributed by atoms with E-state index in [0.29, 0.717) is 0 Å². The van der Waals surface area contributed by atoms with E-state index >= 15 is 0 Å². The van der Waals surface area contributed by atoms with Gasteiger partial charge in [-0.1, -0.05) is 0 Å². The number of esters is 1. The van der Waals surface area contributed by atoms with Gasteiger partial charge < -0.3 is 9.72 Å². The normalized spacial score (nSPS) is 10.7. The fourth-order valence-electron chi connectivity index (χ4n) is 1.48. The third kappa shape index (κ3) is 1.76. The van der Waals surface area contributed by atoms with Crippen molar-refractivity contribution in [3.8, 4) is 0 Å². The second kappa shape index (κ2) is 3.92. The van der Waals surface area contributed by atoms with Gasteiger partial charge >= 0.3 is 5.97 Å². The van der Waals surface area contributed by atoms with Gasteiger partial charge in [-0.2, -0.15) is 0 Å². The number of rotatable bonds is 2. The first-order valence-corrected chi connectivity index (χ1v) is 4.76. The fraction of sp³-hybridized carbons (Fsp3) is 0.182. The molecule has 5 heteroatoms. The molecule has 0 spiro atoms. The molecule has 2 aromatic rings. The van der Waals surface area contributed by atoms with Crippen molar-refractivity contribution in [1.29, 1.82) is 0 Å². The molecule has 1 aromatic heterocycles. The van der Waals surface area contributed by atoms with E-state index in [1.807, 2.05) is 0 Å². The summed E-state index contributed by atoms with van der Waals surface area (Å²) in [6, 6.07) is 3.20. The van der Waals surface area contributed by atoms with E-state index in [0.717, 1.165) is 12.1 Å². The number of ether oxygens (including phenoxy) is 1. The number of hydrogen-bond donors (Lipinski definition) is 1. The molecule has 0 radical (unpaired) electrons. The molecule has 0 aliphatic rings. The number of H-pyrrole nitrogens is 1. The molecule has 0 unspecified atom stereocenters. The molecule has 0 bridgehead atoms. The molecule has 0 saturated carbocycles. The van der Waals surface area contributed by atoms with Crippen molar-refractivity contribution in [1.82, 2.24) is 4.98 Å². The van der Waals surface area contributed by atoms with Gasteiger partial charge in [-0.3, -0.25) is 0 Å². The standard InChI is InChI=1S/C11H9F2NO2/c1-2-16-11(15)10-5-7-8(13)3-6(12)4-9(7)14-10/h3-5,14H,2H2,1H3. The Hall–Kier alpha value is -1.91. The van der Waals surface area contributed by atoms with Crippen molar-refractivity contribution in [3.05, 3.63) is 35.5 Å². The van der Waals surface area contributed by atoms with Crippen LogP contribution in [0, 0.1) is 11.6 Å². The predicted molar refractivity (Wildman–Crippen MR) is 54.2 cm³/mol. The lowest BCUT2D eigenvalue weighted by Crippen LogP contribution is -2.04. The highest BCUT2D eigenvalue weighted by molar-refractivity contribution is 5.94. The van der Waals surface area contributed by atoms with Crippen molar-refractivity contribution < 1.29 is 18.3 Å². The lowest BCUT2D eigenvalue weighted by molar-refractivity contribution is 0.0520. The Bertz CT molecular complexity index is 548. The van der Waals surface area contributed by atoms with E-state index in [-0.39, 0.29) is 23.2 Å². The van der Waals surface area contributed by atoms with E-state index in [4.69, 9.17) is 4.74 Å². The first kappa shape index (κ1) is 10.6. The maximum atomic E-state index is 13.3. The number of hydrogen-bond acceptors (Lipinski definition) is 2. The Balaban J connectivity index is 2.51. The molecule has 16 heavy (non-hydrogen) atoms. The molecule has 0 saturated heterocycles. The smallest absolute Gasteiger partial charge is 0.354 e. The van der Waals surface area contributed by atoms with Crippen molar-refractivity contribution in [3.63, 3.8) is 0 Å². The maximum Gasteiger partial charge on any atom is 0.354 e. The van der Waals surface area contributed by atoms with Crippen LogP contribution in [-0.4, -0.2) is 17.6 Å². The molecule has 3 nitrogen and oxygen atoms in total. The molecule has 0 amide bonds. The van der Waals surface area contributed by atoms with Gasteiger partial charge in [0.2, 0.25) is 0 Å². The van der Waals surface area contributed by atoms with Crippen molar-refractivity contribution in [2.75, 3.05) is 6.61 Å². The number of aromatic amines is 1. The summed E-state index contributed by atoms with van der Waals surface area (Å²) >= 11 is 0. The van der Waals surface area contributed by atoms with Gasteiger partial charge in [0.15, 0.2) is 0 Å². The minimum Gasteiger partial charge on any atom is -0.461 e. The van der Waals surface area contributed by atoms with Crippen LogP contribution in [0.2, 0.25) is 0 Å². The number of carbonyl (C=O) groups excluding carboxylic acids is 1. The zero-order chi connectivity index (χ0) is 11.7. The number of nitrogens with one attached hydrogen (secondary N) is 1. The molecule has 1 N–H and O–H groups in total. The van der Waals surface area contributed by atoms with Crippen LogP contribution in [0.1, 0.15) is 17.4 Å². The molecular weight excluding hydrogens is 216 g/mol. The number of aromatic nitrogens is 1. The van der Waals surface area contributed by atoms with Gasteiger partial charge in [0, 0.05) is 11.5 Å². The second-order valence-electron chi connectivity index (χ2n) is 3.25. The van der Waals surface area contributed by atoms with Crippen molar-refractivity contribution in [2.45, 2.75) is 6.92 Å². The van der Waals surface area contributed by atoms with E-state index in [1.165, 1.54) is 6.07 Å². The van der Waals surface area contributed by atoms with E-state index in [2.05, 4.69) is 4.98 Å². The van der Waals surface area contributed by atoms with Gasteiger partial charge in [0.25, 0.3) is 0 Å². The number of fused-ring (bicyclic) bond motifs is 1. The zero-order valence-corrected chi connectivity index (χ0v) is 8.51. The first-order valence-electron chi connectivity index (χ1n) is 4.76. The molecule has 0 fully saturated rings. The Morgan fingerprint density at radius 1 is 1.38 bits per heavy atom. The highest BCUT2D eigenvalue weighted by atomic mass is 19.1. The third-order valence-corrected chi connectivity index (χ3v) is 2.15. The van der Waals surface area contributed by atoms with Crippen molar-refractivity contribution in [2.24, 2.45) is 0 Å². The van der Waals surface area contributed by atoms with Crippen LogP contribution < -0.4 is 0 Å². The number of halogens is 2. The number of benzene rings is 1. The quantitative estimate of drug-likeness (QED) is 0.798. The average Bonchev–Trinajstić information content (AvgIpc) is 2.62. The van der Waals surface area contributed by atoms with E-state index in [1.54, 1.807) is 6.92 Å². The maximum absolute atomic E-state index is 13.3. The first-order chi connectivity index (χ1) is 7.61. The summed E-state index contributed by atoms with van der Waals surface area (Å²) < 4.78 is 30.9. The molecule has 1 aromatic carbocycles. The van der Waals surface area contributed by atoms with Crippen LogP contribution in [0.25, 0.3) is 10.9 Å². The summed E-state index contributed by atoms with van der Waals surface area (Å²) in [6.45, 7) is 1.89. The molecule has 0 atom stereocenters. The van der Waals surface area contributed by atoms with Crippen LogP contribution in [0.3, 0.4) is 0 Å². The third-order valence-electron chi connectivity index (χ3n) is 2.15. The van der Waals surface area contributed by atoms with Crippen LogP contribution in [0.5, 0.6) is 0 Å². The lowest BCUT2D eigenvalue weighted by atomic mass is 10.2. The SMILES string of the molecule is CCOC(=O)c1cc2c(F)cc(F)cc2[nH]1. The summed E-state index contributed by atoms with van der Waals surface area (Å²) in [5.41, 5.74) is 0.349. The summed E-state index contributed by atoms with van der Waals surface area (Å²) in [5, 5.41) is 0.171. The Labute approximate surface area is 90.0 Å². The second-order valence-corrected chi connectivity index (χ2v) is 3.25. The Morgan fingerprint density at radius 3 is 2.81 bits per heavy atom. The van der Waals surface area contributed by atoms with Crippen LogP contribution in [0.15, 0.2) is 18.2 Å². The van der Waals surface area contributed by atoms with Crippen LogP contribution >= 0.6 is 0 Å². The minimum atomic E-state index is -0.707. The van der Waals surface area contributed by atoms with Gasteiger partial charge in [0.1, 0.15) is 17.3 Å². The summed E-state index contributed by atoms with van der Waals surface area (Å²) in [7, 11) is 0. The van der Waals surface area contributed by atoms with Gasteiger partial charge in [-0.25, -0.2) is 13.6 Å². The molecule has 0 aliphatic carbocycles. The monoisotopic (exact) mass is 225 g/mol. The van der Waals surface area contributed by atoms with E-state index in [9.17, 15) is 13.6 Å². The molecule has 1 heterocycles. The molecule has 2 rings (SSSR count). The van der Waals surface area contributed by atoms with Crippen molar-refractivity contribution >= 4 is 16.9 Å².